The molecule has 71 heavy (non-hydrogen) atoms. The normalized spacial score (nSPS) is 11.4. The van der Waals surface area contributed by atoms with Crippen LogP contribution < -0.4 is 14.7 Å². The molecule has 3 nitrogen and oxygen atoms in total. The lowest BCUT2D eigenvalue weighted by molar-refractivity contribution is 1.29. The Kier molecular flexibility index (Phi) is 10.9. The first-order valence-electron chi connectivity index (χ1n) is 24.0. The topological polar surface area (TPSA) is 9.72 Å². The van der Waals surface area contributed by atoms with Crippen molar-refractivity contribution in [1.29, 1.82) is 0 Å². The van der Waals surface area contributed by atoms with Gasteiger partial charge in [-0.05, 0) is 156 Å². The summed E-state index contributed by atoms with van der Waals surface area (Å²) in [4.78, 5) is 7.17. The molecule has 11 aromatic carbocycles. The number of fused-ring (bicyclic) bond motifs is 6. The first-order valence-corrected chi connectivity index (χ1v) is 25.6. The van der Waals surface area contributed by atoms with E-state index in [0.717, 1.165) is 51.2 Å². The molecule has 0 spiro atoms. The van der Waals surface area contributed by atoms with E-state index in [2.05, 4.69) is 288 Å². The van der Waals surface area contributed by atoms with Crippen LogP contribution in [-0.4, -0.2) is 0 Å². The van der Waals surface area contributed by atoms with Crippen LogP contribution in [0.15, 0.2) is 273 Å². The van der Waals surface area contributed by atoms with Crippen LogP contribution in [0, 0.1) is 0 Å². The summed E-state index contributed by atoms with van der Waals surface area (Å²) in [6.07, 6.45) is 0. The van der Waals surface area contributed by atoms with Crippen LogP contribution in [0.5, 0.6) is 0 Å². The number of thiophene rings is 2. The van der Waals surface area contributed by atoms with E-state index < -0.39 is 0 Å². The summed E-state index contributed by atoms with van der Waals surface area (Å²) in [5.74, 6) is 0. The molecule has 0 aliphatic heterocycles. The van der Waals surface area contributed by atoms with E-state index in [0.29, 0.717) is 0 Å². The fraction of sp³-hybridized carbons (Fsp3) is 0. The summed E-state index contributed by atoms with van der Waals surface area (Å²) in [5, 5.41) is 4.95. The van der Waals surface area contributed by atoms with Gasteiger partial charge in [0.15, 0.2) is 0 Å². The average Bonchev–Trinajstić information content (AvgIpc) is 4.00. The molecule has 0 bridgehead atoms. The Morgan fingerprint density at radius 1 is 0.183 bits per heavy atom. The summed E-state index contributed by atoms with van der Waals surface area (Å²) in [7, 11) is 0. The van der Waals surface area contributed by atoms with Crippen LogP contribution in [-0.2, 0) is 0 Å². The molecule has 0 N–H and O–H groups in total. The Bertz CT molecular complexity index is 3760. The van der Waals surface area contributed by atoms with Crippen LogP contribution in [0.25, 0.3) is 62.6 Å². The molecular formula is C66H45N3S2. The van der Waals surface area contributed by atoms with Crippen molar-refractivity contribution in [3.63, 3.8) is 0 Å². The fourth-order valence-electron chi connectivity index (χ4n) is 10.0. The Labute approximate surface area is 421 Å². The molecule has 13 rings (SSSR count). The van der Waals surface area contributed by atoms with Gasteiger partial charge in [-0.2, -0.15) is 0 Å². The highest BCUT2D eigenvalue weighted by atomic mass is 32.1. The molecule has 2 heterocycles. The van der Waals surface area contributed by atoms with Crippen LogP contribution in [0.2, 0.25) is 0 Å². The zero-order valence-electron chi connectivity index (χ0n) is 38.6. The number of anilines is 9. The lowest BCUT2D eigenvalue weighted by atomic mass is 10.0. The van der Waals surface area contributed by atoms with Crippen molar-refractivity contribution >= 4 is 114 Å². The van der Waals surface area contributed by atoms with E-state index in [4.69, 9.17) is 0 Å². The molecule has 336 valence electrons. The second-order valence-electron chi connectivity index (χ2n) is 17.8. The molecular weight excluding hydrogens is 899 g/mol. The lowest BCUT2D eigenvalue weighted by Gasteiger charge is -2.26. The van der Waals surface area contributed by atoms with Gasteiger partial charge in [-0.1, -0.05) is 140 Å². The number of hydrogen-bond donors (Lipinski definition) is 0. The van der Waals surface area contributed by atoms with Crippen molar-refractivity contribution in [3.8, 4) is 22.3 Å². The number of hydrogen-bond acceptors (Lipinski definition) is 5. The second-order valence-corrected chi connectivity index (χ2v) is 19.9. The van der Waals surface area contributed by atoms with Gasteiger partial charge in [-0.15, -0.1) is 22.7 Å². The van der Waals surface area contributed by atoms with Crippen LogP contribution in [0.1, 0.15) is 0 Å². The molecule has 0 unspecified atom stereocenters. The van der Waals surface area contributed by atoms with E-state index in [1.54, 1.807) is 0 Å². The number of benzene rings is 11. The minimum absolute atomic E-state index is 1.11. The van der Waals surface area contributed by atoms with Gasteiger partial charge in [-0.25, -0.2) is 0 Å². The maximum Gasteiger partial charge on any atom is 0.0468 e. The second kappa shape index (κ2) is 18.3. The van der Waals surface area contributed by atoms with Gasteiger partial charge >= 0.3 is 0 Å². The van der Waals surface area contributed by atoms with Crippen LogP contribution >= 0.6 is 22.7 Å². The van der Waals surface area contributed by atoms with Crippen molar-refractivity contribution in [2.75, 3.05) is 14.7 Å². The Morgan fingerprint density at radius 2 is 0.423 bits per heavy atom. The molecule has 0 atom stereocenters. The van der Waals surface area contributed by atoms with Gasteiger partial charge < -0.3 is 14.7 Å². The highest BCUT2D eigenvalue weighted by Gasteiger charge is 2.20. The van der Waals surface area contributed by atoms with Crippen LogP contribution in [0.4, 0.5) is 51.2 Å². The summed E-state index contributed by atoms with van der Waals surface area (Å²) < 4.78 is 5.04. The number of para-hydroxylation sites is 3. The van der Waals surface area contributed by atoms with Crippen LogP contribution in [0.3, 0.4) is 0 Å². The van der Waals surface area contributed by atoms with Gasteiger partial charge in [-0.3, -0.25) is 0 Å². The SMILES string of the molecule is c1ccc(-c2cccc(N(c3ccccc3)c3ccc4sc5ccc(N(c6ccccc6)c6ccc7sc8ccc(N(c9ccccc9)c9cccc(-c%10ccccc%10)c9)cc8c7c6)cc5c4c3)c2)cc1. The van der Waals surface area contributed by atoms with Crippen molar-refractivity contribution in [3.05, 3.63) is 273 Å². The standard InChI is InChI=1S/C66H45N3S2/c1-6-18-46(19-7-1)48-22-16-30-53(40-48)67(50-24-10-3-11-25-50)55-32-36-63-59(42-55)61-44-57(34-38-65(61)70-63)69(52-28-14-5-15-29-52)58-35-39-66-62(45-58)60-43-56(33-37-64(60)71-66)68(51-26-12-4-13-27-51)54-31-17-23-49(41-54)47-20-8-2-9-21-47/h1-45H. The molecule has 0 aliphatic rings. The van der Waals surface area contributed by atoms with E-state index in [1.165, 1.54) is 62.6 Å². The third-order valence-corrected chi connectivity index (χ3v) is 15.7. The minimum atomic E-state index is 1.11. The molecule has 0 fully saturated rings. The fourth-order valence-corrected chi connectivity index (χ4v) is 12.2. The minimum Gasteiger partial charge on any atom is -0.310 e. The molecule has 0 saturated heterocycles. The first-order chi connectivity index (χ1) is 35.2. The summed E-state index contributed by atoms with van der Waals surface area (Å²) in [6, 6.07) is 99.0. The quantitative estimate of drug-likeness (QED) is 0.128. The summed E-state index contributed by atoms with van der Waals surface area (Å²) >= 11 is 3.70. The van der Waals surface area contributed by atoms with Crippen molar-refractivity contribution in [1.82, 2.24) is 0 Å². The number of rotatable bonds is 11. The molecule has 0 aliphatic carbocycles. The summed E-state index contributed by atoms with van der Waals surface area (Å²) in [5.41, 5.74) is 14.8. The maximum atomic E-state index is 2.41. The third kappa shape index (κ3) is 8.07. The molecule has 2 aromatic heterocycles. The van der Waals surface area contributed by atoms with Crippen molar-refractivity contribution < 1.29 is 0 Å². The highest BCUT2D eigenvalue weighted by molar-refractivity contribution is 7.26. The van der Waals surface area contributed by atoms with Gasteiger partial charge in [0.2, 0.25) is 0 Å². The predicted octanol–water partition coefficient (Wildman–Crippen LogP) is 20.2. The molecule has 5 heteroatoms. The lowest BCUT2D eigenvalue weighted by Crippen LogP contribution is -2.10. The molecule has 0 saturated carbocycles. The summed E-state index contributed by atoms with van der Waals surface area (Å²) in [6.45, 7) is 0. The highest BCUT2D eigenvalue weighted by Crippen LogP contribution is 2.47. The van der Waals surface area contributed by atoms with Gasteiger partial charge in [0.05, 0.1) is 0 Å². The Hall–Kier alpha value is -8.74. The third-order valence-electron chi connectivity index (χ3n) is 13.4. The average molecular weight is 944 g/mol. The molecule has 0 amide bonds. The zero-order chi connectivity index (χ0) is 47.1. The van der Waals surface area contributed by atoms with Gasteiger partial charge in [0.25, 0.3) is 0 Å². The van der Waals surface area contributed by atoms with E-state index in [-0.39, 0.29) is 0 Å². The Balaban J connectivity index is 0.925. The molecule has 0 radical (unpaired) electrons. The monoisotopic (exact) mass is 943 g/mol. The molecule has 13 aromatic rings. The predicted molar refractivity (Wildman–Crippen MR) is 307 cm³/mol. The van der Waals surface area contributed by atoms with E-state index in [9.17, 15) is 0 Å². The smallest absolute Gasteiger partial charge is 0.0468 e. The zero-order valence-corrected chi connectivity index (χ0v) is 40.3. The van der Waals surface area contributed by atoms with E-state index in [1.807, 2.05) is 22.7 Å². The maximum absolute atomic E-state index is 2.41. The Morgan fingerprint density at radius 3 is 0.718 bits per heavy atom. The van der Waals surface area contributed by atoms with Gasteiger partial charge in [0, 0.05) is 91.5 Å². The van der Waals surface area contributed by atoms with Crippen molar-refractivity contribution in [2.45, 2.75) is 0 Å². The number of nitrogens with zero attached hydrogens (tertiary/aromatic N) is 3. The van der Waals surface area contributed by atoms with E-state index >= 15 is 0 Å². The first kappa shape index (κ1) is 42.4. The largest absolute Gasteiger partial charge is 0.310 e. The van der Waals surface area contributed by atoms with Gasteiger partial charge in [0.1, 0.15) is 0 Å². The van der Waals surface area contributed by atoms with Crippen molar-refractivity contribution in [2.24, 2.45) is 0 Å².